The maximum Gasteiger partial charge on any atom is 0.305 e. The molecule has 0 aromatic heterocycles. The van der Waals surface area contributed by atoms with Gasteiger partial charge in [0, 0.05) is 25.6 Å². The lowest BCUT2D eigenvalue weighted by Crippen LogP contribution is -2.44. The summed E-state index contributed by atoms with van der Waals surface area (Å²) in [7, 11) is 1.69. The van der Waals surface area contributed by atoms with Crippen LogP contribution in [-0.4, -0.2) is 39.5 Å². The first-order valence-corrected chi connectivity index (χ1v) is 5.89. The van der Waals surface area contributed by atoms with E-state index in [0.717, 1.165) is 25.9 Å². The van der Waals surface area contributed by atoms with E-state index in [2.05, 4.69) is 6.92 Å². The van der Waals surface area contributed by atoms with Gasteiger partial charge in [-0.05, 0) is 12.8 Å². The third-order valence-electron chi connectivity index (χ3n) is 2.71. The van der Waals surface area contributed by atoms with Gasteiger partial charge in [-0.1, -0.05) is 13.3 Å². The van der Waals surface area contributed by atoms with Crippen LogP contribution in [0.25, 0.3) is 0 Å². The first kappa shape index (κ1) is 13.5. The van der Waals surface area contributed by atoms with Crippen molar-refractivity contribution in [1.29, 1.82) is 0 Å². The highest BCUT2D eigenvalue weighted by molar-refractivity contribution is 5.69. The first-order valence-electron chi connectivity index (χ1n) is 5.89. The quantitative estimate of drug-likeness (QED) is 0.471. The van der Waals surface area contributed by atoms with E-state index in [1.165, 1.54) is 0 Å². The molecule has 1 saturated heterocycles. The molecule has 0 amide bonds. The van der Waals surface area contributed by atoms with Gasteiger partial charge >= 0.3 is 5.97 Å². The second-order valence-electron chi connectivity index (χ2n) is 4.77. The summed E-state index contributed by atoms with van der Waals surface area (Å²) in [6, 6.07) is 0. The van der Waals surface area contributed by atoms with Crippen molar-refractivity contribution in [2.24, 2.45) is 5.41 Å². The normalized spacial score (nSPS) is 17.9. The lowest BCUT2D eigenvalue weighted by atomic mass is 9.90. The summed E-state index contributed by atoms with van der Waals surface area (Å²) in [6.45, 7) is 4.74. The third kappa shape index (κ3) is 4.94. The van der Waals surface area contributed by atoms with Crippen LogP contribution in [0.2, 0.25) is 0 Å². The van der Waals surface area contributed by atoms with Crippen molar-refractivity contribution < 1.29 is 19.0 Å². The fourth-order valence-corrected chi connectivity index (χ4v) is 1.55. The van der Waals surface area contributed by atoms with Crippen molar-refractivity contribution in [3.05, 3.63) is 0 Å². The van der Waals surface area contributed by atoms with Crippen molar-refractivity contribution in [2.45, 2.75) is 32.6 Å². The van der Waals surface area contributed by atoms with E-state index < -0.39 is 0 Å². The van der Waals surface area contributed by atoms with E-state index in [-0.39, 0.29) is 11.4 Å². The van der Waals surface area contributed by atoms with Crippen molar-refractivity contribution in [2.75, 3.05) is 33.5 Å². The summed E-state index contributed by atoms with van der Waals surface area (Å²) >= 11 is 0. The Morgan fingerprint density at radius 1 is 1.31 bits per heavy atom. The molecule has 0 aromatic rings. The molecule has 94 valence electrons. The number of carbonyl (C=O) groups excluding carboxylic acids is 1. The molecule has 1 aliphatic rings. The Hall–Kier alpha value is -0.610. The van der Waals surface area contributed by atoms with Crippen LogP contribution < -0.4 is 0 Å². The van der Waals surface area contributed by atoms with Gasteiger partial charge in [0.05, 0.1) is 13.2 Å². The molecule has 0 saturated carbocycles. The Bertz CT molecular complexity index is 211. The molecular formula is C12H22O4. The molecule has 1 heterocycles. The van der Waals surface area contributed by atoms with Gasteiger partial charge in [0.2, 0.25) is 0 Å². The van der Waals surface area contributed by atoms with E-state index in [1.807, 2.05) is 0 Å². The molecule has 1 fully saturated rings. The Kier molecular flexibility index (Phi) is 5.77. The minimum absolute atomic E-state index is 0.0612. The summed E-state index contributed by atoms with van der Waals surface area (Å²) in [5, 5.41) is 0. The number of carbonyl (C=O) groups is 1. The number of hydrogen-bond donors (Lipinski definition) is 0. The zero-order valence-corrected chi connectivity index (χ0v) is 10.3. The second kappa shape index (κ2) is 6.86. The largest absolute Gasteiger partial charge is 0.465 e. The third-order valence-corrected chi connectivity index (χ3v) is 2.71. The van der Waals surface area contributed by atoms with Crippen LogP contribution in [-0.2, 0) is 19.0 Å². The first-order chi connectivity index (χ1) is 7.66. The Balaban J connectivity index is 1.94. The van der Waals surface area contributed by atoms with Gasteiger partial charge in [-0.2, -0.15) is 0 Å². The molecule has 0 aliphatic carbocycles. The molecule has 16 heavy (non-hydrogen) atoms. The van der Waals surface area contributed by atoms with E-state index >= 15 is 0 Å². The molecular weight excluding hydrogens is 208 g/mol. The Morgan fingerprint density at radius 2 is 2.06 bits per heavy atom. The van der Waals surface area contributed by atoms with Crippen LogP contribution in [0.5, 0.6) is 0 Å². The SMILES string of the molecule is COCCCCCC(=O)OCC1(C)COC1. The molecule has 1 rings (SSSR count). The van der Waals surface area contributed by atoms with E-state index in [4.69, 9.17) is 14.2 Å². The second-order valence-corrected chi connectivity index (χ2v) is 4.77. The van der Waals surface area contributed by atoms with E-state index in [9.17, 15) is 4.79 Å². The number of ether oxygens (including phenoxy) is 3. The van der Waals surface area contributed by atoms with Crippen LogP contribution >= 0.6 is 0 Å². The number of unbranched alkanes of at least 4 members (excludes halogenated alkanes) is 2. The molecule has 0 spiro atoms. The van der Waals surface area contributed by atoms with Crippen molar-refractivity contribution in [1.82, 2.24) is 0 Å². The summed E-state index contributed by atoms with van der Waals surface area (Å²) in [5.41, 5.74) is 0.0612. The van der Waals surface area contributed by atoms with E-state index in [0.29, 0.717) is 26.2 Å². The zero-order chi connectivity index (χ0) is 11.9. The summed E-state index contributed by atoms with van der Waals surface area (Å²) in [5.74, 6) is -0.0921. The predicted molar refractivity (Wildman–Crippen MR) is 60.2 cm³/mol. The molecule has 0 N–H and O–H groups in total. The lowest BCUT2D eigenvalue weighted by molar-refractivity contribution is -0.165. The smallest absolute Gasteiger partial charge is 0.305 e. The number of rotatable bonds is 8. The van der Waals surface area contributed by atoms with Gasteiger partial charge in [-0.3, -0.25) is 4.79 Å². The highest BCUT2D eigenvalue weighted by atomic mass is 16.5. The van der Waals surface area contributed by atoms with Gasteiger partial charge in [0.15, 0.2) is 0 Å². The molecule has 4 nitrogen and oxygen atoms in total. The van der Waals surface area contributed by atoms with Crippen LogP contribution in [0.15, 0.2) is 0 Å². The minimum Gasteiger partial charge on any atom is -0.465 e. The number of esters is 1. The highest BCUT2D eigenvalue weighted by Crippen LogP contribution is 2.26. The van der Waals surface area contributed by atoms with Gasteiger partial charge in [0.1, 0.15) is 6.61 Å². The van der Waals surface area contributed by atoms with Gasteiger partial charge in [0.25, 0.3) is 0 Å². The number of methoxy groups -OCH3 is 1. The van der Waals surface area contributed by atoms with Gasteiger partial charge < -0.3 is 14.2 Å². The highest BCUT2D eigenvalue weighted by Gasteiger charge is 2.34. The lowest BCUT2D eigenvalue weighted by Gasteiger charge is -2.37. The summed E-state index contributed by atoms with van der Waals surface area (Å²) < 4.78 is 15.2. The van der Waals surface area contributed by atoms with Gasteiger partial charge in [-0.25, -0.2) is 0 Å². The molecule has 0 radical (unpaired) electrons. The predicted octanol–water partition coefficient (Wildman–Crippen LogP) is 1.77. The van der Waals surface area contributed by atoms with E-state index in [1.54, 1.807) is 7.11 Å². The fraction of sp³-hybridized carbons (Fsp3) is 0.917. The van der Waals surface area contributed by atoms with Crippen molar-refractivity contribution >= 4 is 5.97 Å². The average Bonchev–Trinajstić information content (AvgIpc) is 2.23. The van der Waals surface area contributed by atoms with Crippen molar-refractivity contribution in [3.63, 3.8) is 0 Å². The molecule has 4 heteroatoms. The number of hydrogen-bond acceptors (Lipinski definition) is 4. The topological polar surface area (TPSA) is 44.8 Å². The monoisotopic (exact) mass is 230 g/mol. The summed E-state index contributed by atoms with van der Waals surface area (Å²) in [4.78, 5) is 11.4. The fourth-order valence-electron chi connectivity index (χ4n) is 1.55. The van der Waals surface area contributed by atoms with Crippen LogP contribution in [0, 0.1) is 5.41 Å². The van der Waals surface area contributed by atoms with Gasteiger partial charge in [-0.15, -0.1) is 0 Å². The van der Waals surface area contributed by atoms with Crippen LogP contribution in [0.3, 0.4) is 0 Å². The summed E-state index contributed by atoms with van der Waals surface area (Å²) in [6.07, 6.45) is 3.43. The molecule has 0 aromatic carbocycles. The molecule has 0 bridgehead atoms. The standard InChI is InChI=1S/C12H22O4/c1-12(8-15-9-12)10-16-11(13)6-4-3-5-7-14-2/h3-10H2,1-2H3. The Morgan fingerprint density at radius 3 is 2.62 bits per heavy atom. The zero-order valence-electron chi connectivity index (χ0n) is 10.3. The van der Waals surface area contributed by atoms with Crippen LogP contribution in [0.1, 0.15) is 32.6 Å². The average molecular weight is 230 g/mol. The Labute approximate surface area is 97.2 Å². The minimum atomic E-state index is -0.0921. The molecule has 0 atom stereocenters. The molecule has 0 unspecified atom stereocenters. The molecule has 1 aliphatic heterocycles. The van der Waals surface area contributed by atoms with Crippen LogP contribution in [0.4, 0.5) is 0 Å². The maximum absolute atomic E-state index is 11.4. The van der Waals surface area contributed by atoms with Crippen molar-refractivity contribution in [3.8, 4) is 0 Å². The maximum atomic E-state index is 11.4.